The van der Waals surface area contributed by atoms with E-state index in [1.807, 2.05) is 0 Å². The van der Waals surface area contributed by atoms with Crippen molar-refractivity contribution in [3.8, 4) is 17.2 Å². The number of anilines is 1. The van der Waals surface area contributed by atoms with Gasteiger partial charge in [-0.2, -0.15) is 0 Å². The highest BCUT2D eigenvalue weighted by molar-refractivity contribution is 6.32. The highest BCUT2D eigenvalue weighted by atomic mass is 35.5. The Kier molecular flexibility index (Phi) is 6.47. The second kappa shape index (κ2) is 8.58. The molecule has 2 aromatic rings. The van der Waals surface area contributed by atoms with Crippen molar-refractivity contribution in [2.24, 2.45) is 0 Å². The summed E-state index contributed by atoms with van der Waals surface area (Å²) in [6, 6.07) is 7.77. The number of methoxy groups -OCH3 is 3. The van der Waals surface area contributed by atoms with Gasteiger partial charge in [-0.15, -0.1) is 0 Å². The fraction of sp³-hybridized carbons (Fsp3) is 0.278. The highest BCUT2D eigenvalue weighted by Crippen LogP contribution is 2.36. The van der Waals surface area contributed by atoms with Crippen LogP contribution < -0.4 is 19.5 Å². The quantitative estimate of drug-likeness (QED) is 0.801. The van der Waals surface area contributed by atoms with Crippen LogP contribution in [0.15, 0.2) is 30.3 Å². The van der Waals surface area contributed by atoms with Crippen molar-refractivity contribution >= 4 is 23.2 Å². The molecule has 0 saturated heterocycles. The van der Waals surface area contributed by atoms with Crippen LogP contribution in [0.1, 0.15) is 12.0 Å². The van der Waals surface area contributed by atoms with Crippen molar-refractivity contribution < 1.29 is 23.4 Å². The fourth-order valence-corrected chi connectivity index (χ4v) is 2.53. The summed E-state index contributed by atoms with van der Waals surface area (Å²) in [4.78, 5) is 12.2. The van der Waals surface area contributed by atoms with Crippen LogP contribution >= 0.6 is 11.6 Å². The Morgan fingerprint density at radius 3 is 2.32 bits per heavy atom. The van der Waals surface area contributed by atoms with Crippen molar-refractivity contribution in [2.75, 3.05) is 26.6 Å². The maximum atomic E-state index is 13.7. The van der Waals surface area contributed by atoms with E-state index in [0.29, 0.717) is 34.2 Å². The maximum Gasteiger partial charge on any atom is 0.224 e. The van der Waals surface area contributed by atoms with E-state index in [2.05, 4.69) is 5.32 Å². The predicted octanol–water partition coefficient (Wildman–Crippen LogP) is 4.08. The molecule has 1 N–H and O–H groups in total. The summed E-state index contributed by atoms with van der Waals surface area (Å²) >= 11 is 6.08. The van der Waals surface area contributed by atoms with Crippen LogP contribution in [0, 0.1) is 5.82 Å². The van der Waals surface area contributed by atoms with Gasteiger partial charge in [-0.25, -0.2) is 4.39 Å². The average molecular weight is 368 g/mol. The molecule has 0 radical (unpaired) electrons. The number of benzene rings is 2. The lowest BCUT2D eigenvalue weighted by molar-refractivity contribution is -0.116. The molecular weight excluding hydrogens is 349 g/mol. The monoisotopic (exact) mass is 367 g/mol. The number of halogens is 2. The molecule has 0 atom stereocenters. The van der Waals surface area contributed by atoms with Gasteiger partial charge in [-0.1, -0.05) is 17.7 Å². The summed E-state index contributed by atoms with van der Waals surface area (Å²) in [5.74, 6) is 0.362. The average Bonchev–Trinajstić information content (AvgIpc) is 2.60. The molecule has 25 heavy (non-hydrogen) atoms. The van der Waals surface area contributed by atoms with Gasteiger partial charge in [0.05, 0.1) is 32.0 Å². The summed E-state index contributed by atoms with van der Waals surface area (Å²) in [6.45, 7) is 0. The number of amides is 1. The van der Waals surface area contributed by atoms with Gasteiger partial charge < -0.3 is 19.5 Å². The van der Waals surface area contributed by atoms with Gasteiger partial charge >= 0.3 is 0 Å². The fourth-order valence-electron chi connectivity index (χ4n) is 2.29. The summed E-state index contributed by atoms with van der Waals surface area (Å²) in [7, 11) is 4.38. The lowest BCUT2D eigenvalue weighted by Gasteiger charge is -2.13. The number of nitrogens with one attached hydrogen (secondary N) is 1. The first-order valence-corrected chi connectivity index (χ1v) is 7.90. The van der Waals surface area contributed by atoms with Crippen LogP contribution in [0.25, 0.3) is 0 Å². The Hall–Kier alpha value is -2.47. The minimum absolute atomic E-state index is 0.172. The third-order valence-corrected chi connectivity index (χ3v) is 3.90. The van der Waals surface area contributed by atoms with E-state index < -0.39 is 5.82 Å². The Bertz CT molecular complexity index is 767. The van der Waals surface area contributed by atoms with E-state index in [1.54, 1.807) is 18.2 Å². The topological polar surface area (TPSA) is 56.8 Å². The van der Waals surface area contributed by atoms with E-state index in [9.17, 15) is 9.18 Å². The van der Waals surface area contributed by atoms with E-state index in [-0.39, 0.29) is 18.1 Å². The number of ether oxygens (including phenoxy) is 3. The number of rotatable bonds is 7. The van der Waals surface area contributed by atoms with Gasteiger partial charge in [-0.05, 0) is 30.2 Å². The third kappa shape index (κ3) is 4.76. The summed E-state index contributed by atoms with van der Waals surface area (Å²) in [5.41, 5.74) is 1.15. The normalized spacial score (nSPS) is 10.3. The van der Waals surface area contributed by atoms with E-state index in [1.165, 1.54) is 33.5 Å². The third-order valence-electron chi connectivity index (χ3n) is 3.60. The van der Waals surface area contributed by atoms with Gasteiger partial charge in [0.25, 0.3) is 0 Å². The molecule has 7 heteroatoms. The number of aryl methyl sites for hydroxylation is 1. The van der Waals surface area contributed by atoms with Gasteiger partial charge in [0.2, 0.25) is 5.91 Å². The first kappa shape index (κ1) is 18.9. The van der Waals surface area contributed by atoms with Gasteiger partial charge in [-0.3, -0.25) is 4.79 Å². The molecular formula is C18H19ClFNO4. The minimum atomic E-state index is -0.455. The second-order valence-electron chi connectivity index (χ2n) is 5.20. The van der Waals surface area contributed by atoms with Gasteiger partial charge in [0.15, 0.2) is 11.6 Å². The maximum absolute atomic E-state index is 13.7. The lowest BCUT2D eigenvalue weighted by Crippen LogP contribution is -2.13. The predicted molar refractivity (Wildman–Crippen MR) is 94.5 cm³/mol. The van der Waals surface area contributed by atoms with Crippen molar-refractivity contribution in [1.82, 2.24) is 0 Å². The Morgan fingerprint density at radius 1 is 1.04 bits per heavy atom. The summed E-state index contributed by atoms with van der Waals surface area (Å²) in [5, 5.41) is 3.10. The largest absolute Gasteiger partial charge is 0.495 e. The Balaban J connectivity index is 2.03. The first-order chi connectivity index (χ1) is 12.0. The molecule has 0 heterocycles. The van der Waals surface area contributed by atoms with Crippen LogP contribution in [0.3, 0.4) is 0 Å². The van der Waals surface area contributed by atoms with E-state index in [4.69, 9.17) is 25.8 Å². The molecule has 1 amide bonds. The Labute approximate surface area is 150 Å². The van der Waals surface area contributed by atoms with E-state index >= 15 is 0 Å². The molecule has 0 fully saturated rings. The molecule has 5 nitrogen and oxygen atoms in total. The zero-order valence-electron chi connectivity index (χ0n) is 14.2. The van der Waals surface area contributed by atoms with Gasteiger partial charge in [0, 0.05) is 12.5 Å². The standard InChI is InChI=1S/C18H19ClFNO4/c1-23-15-6-4-11(8-13(15)20)5-7-18(22)21-14-9-12(19)16(24-2)10-17(14)25-3/h4,6,8-10H,5,7H2,1-3H3,(H,21,22). The molecule has 0 aliphatic rings. The summed E-state index contributed by atoms with van der Waals surface area (Å²) in [6.07, 6.45) is 0.567. The molecule has 0 aliphatic carbocycles. The van der Waals surface area contributed by atoms with Crippen LogP contribution in [-0.2, 0) is 11.2 Å². The first-order valence-electron chi connectivity index (χ1n) is 7.52. The number of hydrogen-bond donors (Lipinski definition) is 1. The highest BCUT2D eigenvalue weighted by Gasteiger charge is 2.13. The molecule has 0 spiro atoms. The number of carbonyl (C=O) groups excluding carboxylic acids is 1. The number of hydrogen-bond acceptors (Lipinski definition) is 4. The lowest BCUT2D eigenvalue weighted by atomic mass is 10.1. The Morgan fingerprint density at radius 2 is 1.72 bits per heavy atom. The van der Waals surface area contributed by atoms with Crippen molar-refractivity contribution in [1.29, 1.82) is 0 Å². The number of carbonyl (C=O) groups is 1. The molecule has 0 aliphatic heterocycles. The molecule has 134 valence electrons. The van der Waals surface area contributed by atoms with Crippen LogP contribution in [0.2, 0.25) is 5.02 Å². The molecule has 0 unspecified atom stereocenters. The summed E-state index contributed by atoms with van der Waals surface area (Å²) < 4.78 is 28.9. The zero-order chi connectivity index (χ0) is 18.4. The minimum Gasteiger partial charge on any atom is -0.495 e. The second-order valence-corrected chi connectivity index (χ2v) is 5.61. The van der Waals surface area contributed by atoms with Crippen LogP contribution in [0.4, 0.5) is 10.1 Å². The molecule has 0 saturated carbocycles. The van der Waals surface area contributed by atoms with Crippen molar-refractivity contribution in [2.45, 2.75) is 12.8 Å². The molecule has 0 aromatic heterocycles. The smallest absolute Gasteiger partial charge is 0.224 e. The van der Waals surface area contributed by atoms with Crippen LogP contribution in [-0.4, -0.2) is 27.2 Å². The zero-order valence-corrected chi connectivity index (χ0v) is 14.9. The van der Waals surface area contributed by atoms with Crippen LogP contribution in [0.5, 0.6) is 17.2 Å². The molecule has 2 rings (SSSR count). The van der Waals surface area contributed by atoms with E-state index in [0.717, 1.165) is 0 Å². The van der Waals surface area contributed by atoms with Crippen molar-refractivity contribution in [3.05, 3.63) is 46.7 Å². The SMILES string of the molecule is COc1ccc(CCC(=O)Nc2cc(Cl)c(OC)cc2OC)cc1F. The molecule has 2 aromatic carbocycles. The molecule has 0 bridgehead atoms. The van der Waals surface area contributed by atoms with Gasteiger partial charge in [0.1, 0.15) is 11.5 Å². The van der Waals surface area contributed by atoms with Crippen molar-refractivity contribution in [3.63, 3.8) is 0 Å².